The van der Waals surface area contributed by atoms with E-state index in [0.717, 1.165) is 22.3 Å². The van der Waals surface area contributed by atoms with E-state index in [9.17, 15) is 0 Å². The minimum atomic E-state index is 0.705. The first-order valence-corrected chi connectivity index (χ1v) is 5.69. The van der Waals surface area contributed by atoms with Crippen molar-refractivity contribution in [2.45, 2.75) is 0 Å². The molecule has 0 bridgehead atoms. The van der Waals surface area contributed by atoms with Crippen molar-refractivity contribution in [2.75, 3.05) is 0 Å². The molecule has 3 aromatic rings. The number of hydrogen-bond donors (Lipinski definition) is 0. The molecule has 0 aliphatic heterocycles. The molecular formula is C14H9ClN2. The predicted octanol–water partition coefficient (Wildman–Crippen LogP) is 3.95. The van der Waals surface area contributed by atoms with Crippen LogP contribution in [-0.4, -0.2) is 9.97 Å². The van der Waals surface area contributed by atoms with Gasteiger partial charge in [-0.25, -0.2) is 4.98 Å². The summed E-state index contributed by atoms with van der Waals surface area (Å²) in [5, 5.41) is 1.67. The topological polar surface area (TPSA) is 25.8 Å². The molecule has 0 radical (unpaired) electrons. The van der Waals surface area contributed by atoms with Gasteiger partial charge in [-0.3, -0.25) is 4.98 Å². The molecule has 2 heterocycles. The van der Waals surface area contributed by atoms with Gasteiger partial charge in [-0.2, -0.15) is 0 Å². The summed E-state index contributed by atoms with van der Waals surface area (Å²) >= 11 is 6.24. The van der Waals surface area contributed by atoms with Crippen molar-refractivity contribution >= 4 is 22.5 Å². The first kappa shape index (κ1) is 10.2. The number of benzene rings is 1. The summed E-state index contributed by atoms with van der Waals surface area (Å²) < 4.78 is 0. The summed E-state index contributed by atoms with van der Waals surface area (Å²) in [5.41, 5.74) is 2.52. The lowest BCUT2D eigenvalue weighted by Crippen LogP contribution is -1.88. The van der Waals surface area contributed by atoms with Gasteiger partial charge in [-0.15, -0.1) is 0 Å². The molecule has 0 spiro atoms. The van der Waals surface area contributed by atoms with E-state index in [1.807, 2.05) is 48.5 Å². The van der Waals surface area contributed by atoms with Crippen LogP contribution in [0.15, 0.2) is 54.7 Å². The van der Waals surface area contributed by atoms with Gasteiger partial charge in [-0.1, -0.05) is 35.9 Å². The Labute approximate surface area is 104 Å². The molecular weight excluding hydrogens is 232 g/mol. The summed E-state index contributed by atoms with van der Waals surface area (Å²) in [6.07, 6.45) is 1.75. The Balaban J connectivity index is 2.26. The van der Waals surface area contributed by atoms with Crippen LogP contribution in [0.4, 0.5) is 0 Å². The van der Waals surface area contributed by atoms with Gasteiger partial charge in [0.05, 0.1) is 21.9 Å². The fourth-order valence-corrected chi connectivity index (χ4v) is 2.04. The Bertz CT molecular complexity index is 665. The van der Waals surface area contributed by atoms with Crippen molar-refractivity contribution < 1.29 is 0 Å². The second kappa shape index (κ2) is 4.15. The van der Waals surface area contributed by atoms with Crippen LogP contribution in [0.5, 0.6) is 0 Å². The number of pyridine rings is 2. The van der Waals surface area contributed by atoms with E-state index >= 15 is 0 Å². The van der Waals surface area contributed by atoms with Crippen LogP contribution >= 0.6 is 11.6 Å². The number of fused-ring (bicyclic) bond motifs is 1. The van der Waals surface area contributed by atoms with Crippen molar-refractivity contribution in [1.29, 1.82) is 0 Å². The van der Waals surface area contributed by atoms with Gasteiger partial charge in [0.1, 0.15) is 0 Å². The molecule has 2 aromatic heterocycles. The average Bonchev–Trinajstić information content (AvgIpc) is 2.40. The molecule has 0 saturated heterocycles. The molecule has 0 saturated carbocycles. The Morgan fingerprint density at radius 2 is 1.71 bits per heavy atom. The smallest absolute Gasteiger partial charge is 0.0908 e. The van der Waals surface area contributed by atoms with E-state index in [2.05, 4.69) is 9.97 Å². The van der Waals surface area contributed by atoms with Crippen molar-refractivity contribution in [3.8, 4) is 11.4 Å². The number of halogens is 1. The van der Waals surface area contributed by atoms with Gasteiger partial charge in [0.25, 0.3) is 0 Å². The summed E-state index contributed by atoms with van der Waals surface area (Å²) in [7, 11) is 0. The molecule has 0 unspecified atom stereocenters. The molecule has 0 amide bonds. The van der Waals surface area contributed by atoms with Crippen LogP contribution < -0.4 is 0 Å². The van der Waals surface area contributed by atoms with Crippen molar-refractivity contribution in [3.05, 3.63) is 59.8 Å². The van der Waals surface area contributed by atoms with Crippen molar-refractivity contribution in [3.63, 3.8) is 0 Å². The third kappa shape index (κ3) is 1.87. The zero-order valence-electron chi connectivity index (χ0n) is 8.97. The fraction of sp³-hybridized carbons (Fsp3) is 0. The molecule has 82 valence electrons. The summed E-state index contributed by atoms with van der Waals surface area (Å²) in [6.45, 7) is 0. The van der Waals surface area contributed by atoms with E-state index in [1.54, 1.807) is 6.20 Å². The van der Waals surface area contributed by atoms with E-state index < -0.39 is 0 Å². The molecule has 1 aromatic carbocycles. The fourth-order valence-electron chi connectivity index (χ4n) is 1.78. The second-order valence-electron chi connectivity index (χ2n) is 3.72. The van der Waals surface area contributed by atoms with E-state index in [-0.39, 0.29) is 0 Å². The molecule has 2 nitrogen and oxygen atoms in total. The molecule has 0 N–H and O–H groups in total. The highest BCUT2D eigenvalue weighted by Gasteiger charge is 2.05. The molecule has 0 aliphatic rings. The van der Waals surface area contributed by atoms with Crippen LogP contribution in [0, 0.1) is 0 Å². The standard InChI is InChI=1S/C14H9ClN2/c15-11-9-14(13-7-3-4-8-16-13)17-12-6-2-1-5-10(11)12/h1-9H. The van der Waals surface area contributed by atoms with E-state index in [0.29, 0.717) is 5.02 Å². The number of rotatable bonds is 1. The SMILES string of the molecule is Clc1cc(-c2ccccn2)nc2ccccc12. The molecule has 3 heteroatoms. The Kier molecular flexibility index (Phi) is 2.50. The van der Waals surface area contributed by atoms with E-state index in [1.165, 1.54) is 0 Å². The van der Waals surface area contributed by atoms with Gasteiger partial charge in [0.2, 0.25) is 0 Å². The molecule has 0 fully saturated rings. The summed E-state index contributed by atoms with van der Waals surface area (Å²) in [5.74, 6) is 0. The maximum atomic E-state index is 6.24. The number of hydrogen-bond acceptors (Lipinski definition) is 2. The van der Waals surface area contributed by atoms with Crippen LogP contribution in [0.1, 0.15) is 0 Å². The Morgan fingerprint density at radius 1 is 0.882 bits per heavy atom. The van der Waals surface area contributed by atoms with Crippen LogP contribution in [-0.2, 0) is 0 Å². The molecule has 0 atom stereocenters. The van der Waals surface area contributed by atoms with Gasteiger partial charge in [0, 0.05) is 11.6 Å². The lowest BCUT2D eigenvalue weighted by molar-refractivity contribution is 1.28. The third-order valence-electron chi connectivity index (χ3n) is 2.59. The minimum absolute atomic E-state index is 0.705. The average molecular weight is 241 g/mol. The molecule has 0 aliphatic carbocycles. The van der Waals surface area contributed by atoms with Gasteiger partial charge in [-0.05, 0) is 24.3 Å². The monoisotopic (exact) mass is 240 g/mol. The number of nitrogens with zero attached hydrogens (tertiary/aromatic N) is 2. The highest BCUT2D eigenvalue weighted by atomic mass is 35.5. The van der Waals surface area contributed by atoms with Crippen LogP contribution in [0.25, 0.3) is 22.3 Å². The number of para-hydroxylation sites is 1. The van der Waals surface area contributed by atoms with Gasteiger partial charge in [0.15, 0.2) is 0 Å². The van der Waals surface area contributed by atoms with Crippen molar-refractivity contribution in [1.82, 2.24) is 9.97 Å². The Morgan fingerprint density at radius 3 is 2.53 bits per heavy atom. The maximum Gasteiger partial charge on any atom is 0.0908 e. The van der Waals surface area contributed by atoms with Crippen molar-refractivity contribution in [2.24, 2.45) is 0 Å². The lowest BCUT2D eigenvalue weighted by Gasteiger charge is -2.04. The largest absolute Gasteiger partial charge is 0.255 e. The summed E-state index contributed by atoms with van der Waals surface area (Å²) in [6, 6.07) is 15.4. The number of aromatic nitrogens is 2. The minimum Gasteiger partial charge on any atom is -0.255 e. The van der Waals surface area contributed by atoms with Crippen LogP contribution in [0.2, 0.25) is 5.02 Å². The molecule has 3 rings (SSSR count). The third-order valence-corrected chi connectivity index (χ3v) is 2.91. The summed E-state index contributed by atoms with van der Waals surface area (Å²) in [4.78, 5) is 8.84. The second-order valence-corrected chi connectivity index (χ2v) is 4.13. The first-order chi connectivity index (χ1) is 8.34. The zero-order valence-corrected chi connectivity index (χ0v) is 9.72. The highest BCUT2D eigenvalue weighted by Crippen LogP contribution is 2.26. The predicted molar refractivity (Wildman–Crippen MR) is 70.0 cm³/mol. The first-order valence-electron chi connectivity index (χ1n) is 5.31. The maximum absolute atomic E-state index is 6.24. The van der Waals surface area contributed by atoms with E-state index in [4.69, 9.17) is 11.6 Å². The Hall–Kier alpha value is -1.93. The van der Waals surface area contributed by atoms with Crippen LogP contribution in [0.3, 0.4) is 0 Å². The zero-order chi connectivity index (χ0) is 11.7. The highest BCUT2D eigenvalue weighted by molar-refractivity contribution is 6.35. The van der Waals surface area contributed by atoms with Gasteiger partial charge >= 0.3 is 0 Å². The van der Waals surface area contributed by atoms with Gasteiger partial charge < -0.3 is 0 Å². The quantitative estimate of drug-likeness (QED) is 0.644. The molecule has 17 heavy (non-hydrogen) atoms. The normalized spacial score (nSPS) is 10.6. The lowest BCUT2D eigenvalue weighted by atomic mass is 10.1.